The highest BCUT2D eigenvalue weighted by Gasteiger charge is 2.05. The molecule has 0 bridgehead atoms. The maximum atomic E-state index is 10.8. The Bertz CT molecular complexity index is 487. The van der Waals surface area contributed by atoms with Gasteiger partial charge >= 0.3 is 0 Å². The van der Waals surface area contributed by atoms with Crippen LogP contribution in [-0.2, 0) is 6.42 Å². The summed E-state index contributed by atoms with van der Waals surface area (Å²) in [6.45, 7) is 2.28. The Morgan fingerprint density at radius 3 is 1.59 bits per heavy atom. The number of unbranched alkanes of at least 4 members (excludes halogenated alkanes) is 15. The lowest BCUT2D eigenvalue weighted by Crippen LogP contribution is -1.91. The van der Waals surface area contributed by atoms with Crippen LogP contribution < -0.4 is 0 Å². The van der Waals surface area contributed by atoms with Crippen molar-refractivity contribution in [1.82, 2.24) is 0 Å². The van der Waals surface area contributed by atoms with E-state index in [0.29, 0.717) is 0 Å². The number of non-ortho nitro benzene ring substituents is 1. The normalized spacial score (nSPS) is 11.0. The highest BCUT2D eigenvalue weighted by Crippen LogP contribution is 2.17. The Hall–Kier alpha value is -1.38. The first-order valence-corrected chi connectivity index (χ1v) is 11.5. The van der Waals surface area contributed by atoms with Crippen molar-refractivity contribution in [2.45, 2.75) is 116 Å². The number of nitro benzene ring substituents is 1. The zero-order chi connectivity index (χ0) is 19.6. The van der Waals surface area contributed by atoms with Crippen LogP contribution in [0.15, 0.2) is 24.3 Å². The van der Waals surface area contributed by atoms with Crippen LogP contribution in [0.5, 0.6) is 0 Å². The highest BCUT2D eigenvalue weighted by atomic mass is 16.6. The minimum atomic E-state index is -0.308. The molecule has 0 saturated heterocycles. The highest BCUT2D eigenvalue weighted by molar-refractivity contribution is 5.34. The number of nitro groups is 1. The van der Waals surface area contributed by atoms with Gasteiger partial charge in [-0.25, -0.2) is 0 Å². The van der Waals surface area contributed by atoms with Crippen molar-refractivity contribution in [3.63, 3.8) is 0 Å². The average molecular weight is 376 g/mol. The second-order valence-electron chi connectivity index (χ2n) is 7.98. The van der Waals surface area contributed by atoms with Crippen LogP contribution in [0.1, 0.15) is 115 Å². The summed E-state index contributed by atoms with van der Waals surface area (Å²) in [7, 11) is 0. The summed E-state index contributed by atoms with van der Waals surface area (Å²) in [6.07, 6.45) is 22.9. The van der Waals surface area contributed by atoms with Crippen LogP contribution >= 0.6 is 0 Å². The van der Waals surface area contributed by atoms with E-state index in [4.69, 9.17) is 0 Å². The third kappa shape index (κ3) is 13.4. The van der Waals surface area contributed by atoms with Gasteiger partial charge in [0.2, 0.25) is 0 Å². The zero-order valence-corrected chi connectivity index (χ0v) is 17.6. The third-order valence-corrected chi connectivity index (χ3v) is 5.44. The van der Waals surface area contributed by atoms with E-state index in [-0.39, 0.29) is 10.6 Å². The first kappa shape index (κ1) is 23.7. The molecule has 0 N–H and O–H groups in total. The fraction of sp³-hybridized carbons (Fsp3) is 0.750. The van der Waals surface area contributed by atoms with Gasteiger partial charge in [0.1, 0.15) is 0 Å². The molecule has 1 aromatic rings. The molecule has 0 saturated carbocycles. The van der Waals surface area contributed by atoms with Crippen LogP contribution in [0.3, 0.4) is 0 Å². The van der Waals surface area contributed by atoms with Crippen molar-refractivity contribution >= 4 is 5.69 Å². The van der Waals surface area contributed by atoms with Crippen LogP contribution in [0.2, 0.25) is 0 Å². The van der Waals surface area contributed by atoms with Gasteiger partial charge in [-0.1, -0.05) is 115 Å². The van der Waals surface area contributed by atoms with Crippen LogP contribution in [0, 0.1) is 10.1 Å². The molecule has 0 heterocycles. The molecule has 154 valence electrons. The minimum Gasteiger partial charge on any atom is -0.258 e. The topological polar surface area (TPSA) is 43.1 Å². The van der Waals surface area contributed by atoms with Crippen LogP contribution in [0.25, 0.3) is 0 Å². The van der Waals surface area contributed by atoms with Crippen molar-refractivity contribution in [2.75, 3.05) is 0 Å². The fourth-order valence-electron chi connectivity index (χ4n) is 3.70. The number of benzene rings is 1. The lowest BCUT2D eigenvalue weighted by atomic mass is 10.0. The molecule has 0 amide bonds. The molecule has 1 aromatic carbocycles. The molecule has 0 aliphatic heterocycles. The van der Waals surface area contributed by atoms with Gasteiger partial charge in [0.25, 0.3) is 5.69 Å². The van der Waals surface area contributed by atoms with Crippen molar-refractivity contribution in [2.24, 2.45) is 0 Å². The molecule has 3 nitrogen and oxygen atoms in total. The molecular weight excluding hydrogens is 334 g/mol. The van der Waals surface area contributed by atoms with Gasteiger partial charge in [-0.3, -0.25) is 10.1 Å². The molecule has 0 radical (unpaired) electrons. The standard InChI is InChI=1S/C24H41NO2/c1-2-3-4-5-6-7-8-9-10-11-12-13-14-15-16-17-19-23-20-18-21-24(22-23)25(26)27/h18,20-22H,2-17,19H2,1H3. The quantitative estimate of drug-likeness (QED) is 0.147. The summed E-state index contributed by atoms with van der Waals surface area (Å²) in [4.78, 5) is 10.5. The van der Waals surface area contributed by atoms with Crippen LogP contribution in [0.4, 0.5) is 5.69 Å². The van der Waals surface area contributed by atoms with Crippen molar-refractivity contribution in [1.29, 1.82) is 0 Å². The Kier molecular flexibility index (Phi) is 14.7. The van der Waals surface area contributed by atoms with Gasteiger partial charge in [-0.2, -0.15) is 0 Å². The molecule has 0 atom stereocenters. The number of hydrogen-bond donors (Lipinski definition) is 0. The molecule has 1 rings (SSSR count). The third-order valence-electron chi connectivity index (χ3n) is 5.44. The van der Waals surface area contributed by atoms with E-state index in [9.17, 15) is 10.1 Å². The van der Waals surface area contributed by atoms with E-state index in [1.807, 2.05) is 6.07 Å². The van der Waals surface area contributed by atoms with Gasteiger partial charge in [0.15, 0.2) is 0 Å². The molecule has 3 heteroatoms. The van der Waals surface area contributed by atoms with E-state index in [0.717, 1.165) is 18.4 Å². The van der Waals surface area contributed by atoms with Gasteiger partial charge in [0, 0.05) is 12.1 Å². The SMILES string of the molecule is CCCCCCCCCCCCCCCCCCc1cccc([N+](=O)[O-])c1. The number of rotatable bonds is 18. The summed E-state index contributed by atoms with van der Waals surface area (Å²) < 4.78 is 0. The molecule has 0 aliphatic carbocycles. The molecule has 0 fully saturated rings. The van der Waals surface area contributed by atoms with E-state index in [1.165, 1.54) is 96.3 Å². The van der Waals surface area contributed by atoms with Crippen molar-refractivity contribution in [3.8, 4) is 0 Å². The summed E-state index contributed by atoms with van der Waals surface area (Å²) in [6, 6.07) is 7.07. The van der Waals surface area contributed by atoms with E-state index >= 15 is 0 Å². The monoisotopic (exact) mass is 375 g/mol. The second-order valence-corrected chi connectivity index (χ2v) is 7.98. The lowest BCUT2D eigenvalue weighted by Gasteiger charge is -2.04. The predicted molar refractivity (Wildman–Crippen MR) is 116 cm³/mol. The molecule has 27 heavy (non-hydrogen) atoms. The molecule has 0 aromatic heterocycles. The maximum absolute atomic E-state index is 10.8. The molecule has 0 spiro atoms. The first-order valence-electron chi connectivity index (χ1n) is 11.5. The van der Waals surface area contributed by atoms with Gasteiger partial charge < -0.3 is 0 Å². The molecular formula is C24H41NO2. The molecule has 0 aliphatic rings. The van der Waals surface area contributed by atoms with E-state index < -0.39 is 0 Å². The largest absolute Gasteiger partial charge is 0.269 e. The zero-order valence-electron chi connectivity index (χ0n) is 17.6. The van der Waals surface area contributed by atoms with E-state index in [1.54, 1.807) is 18.2 Å². The summed E-state index contributed by atoms with van der Waals surface area (Å²) in [5, 5.41) is 10.8. The molecule has 0 unspecified atom stereocenters. The van der Waals surface area contributed by atoms with E-state index in [2.05, 4.69) is 6.92 Å². The lowest BCUT2D eigenvalue weighted by molar-refractivity contribution is -0.384. The average Bonchev–Trinajstić information content (AvgIpc) is 2.68. The Labute approximate surface area is 167 Å². The maximum Gasteiger partial charge on any atom is 0.269 e. The van der Waals surface area contributed by atoms with Crippen LogP contribution in [-0.4, -0.2) is 4.92 Å². The number of aryl methyl sites for hydroxylation is 1. The summed E-state index contributed by atoms with van der Waals surface area (Å²) in [5.41, 5.74) is 1.30. The van der Waals surface area contributed by atoms with Crippen molar-refractivity contribution < 1.29 is 4.92 Å². The number of nitrogens with zero attached hydrogens (tertiary/aromatic N) is 1. The summed E-state index contributed by atoms with van der Waals surface area (Å²) in [5.74, 6) is 0. The first-order chi connectivity index (χ1) is 13.2. The minimum absolute atomic E-state index is 0.212. The Balaban J connectivity index is 1.83. The van der Waals surface area contributed by atoms with Gasteiger partial charge in [-0.15, -0.1) is 0 Å². The predicted octanol–water partition coefficient (Wildman–Crippen LogP) is 8.40. The fourth-order valence-corrected chi connectivity index (χ4v) is 3.70. The Morgan fingerprint density at radius 2 is 1.15 bits per heavy atom. The van der Waals surface area contributed by atoms with Gasteiger partial charge in [-0.05, 0) is 18.4 Å². The Morgan fingerprint density at radius 1 is 0.704 bits per heavy atom. The smallest absolute Gasteiger partial charge is 0.258 e. The summed E-state index contributed by atoms with van der Waals surface area (Å²) >= 11 is 0. The van der Waals surface area contributed by atoms with Gasteiger partial charge in [0.05, 0.1) is 4.92 Å². The van der Waals surface area contributed by atoms with Crippen molar-refractivity contribution in [3.05, 3.63) is 39.9 Å². The second kappa shape index (κ2) is 16.8. The number of hydrogen-bond acceptors (Lipinski definition) is 2.